The van der Waals surface area contributed by atoms with Gasteiger partial charge in [-0.2, -0.15) is 4.53 Å². The van der Waals surface area contributed by atoms with Crippen LogP contribution in [-0.2, 0) is 0 Å². The number of nitrogens with zero attached hydrogens (tertiary/aromatic N) is 2. The zero-order chi connectivity index (χ0) is 19.5. The number of hydrogen-bond acceptors (Lipinski definition) is 3. The van der Waals surface area contributed by atoms with Crippen molar-refractivity contribution in [3.63, 3.8) is 0 Å². The molecule has 0 aliphatic rings. The molecule has 0 fully saturated rings. The smallest absolute Gasteiger partial charge is 0.284 e. The topological polar surface area (TPSA) is 40.6 Å². The van der Waals surface area contributed by atoms with Gasteiger partial charge < -0.3 is 0 Å². The van der Waals surface area contributed by atoms with Crippen molar-refractivity contribution in [2.45, 2.75) is 32.7 Å². The second-order valence-electron chi connectivity index (χ2n) is 6.61. The van der Waals surface area contributed by atoms with Crippen molar-refractivity contribution in [2.75, 3.05) is 0 Å². The Kier molecular flexibility index (Phi) is 8.58. The summed E-state index contributed by atoms with van der Waals surface area (Å²) in [5, 5.41) is 0.413. The van der Waals surface area contributed by atoms with E-state index in [1.165, 1.54) is 6.07 Å². The Morgan fingerprint density at radius 2 is 1.59 bits per heavy atom. The van der Waals surface area contributed by atoms with Crippen LogP contribution in [0.15, 0.2) is 48.5 Å². The van der Waals surface area contributed by atoms with Crippen LogP contribution < -0.4 is 0 Å². The van der Waals surface area contributed by atoms with E-state index in [1.807, 2.05) is 19.1 Å². The Labute approximate surface area is 180 Å². The van der Waals surface area contributed by atoms with E-state index in [0.29, 0.717) is 16.1 Å². The molecule has 0 radical (unpaired) electrons. The van der Waals surface area contributed by atoms with E-state index in [4.69, 9.17) is 35.2 Å². The molecule has 0 atom stereocenters. The Morgan fingerprint density at radius 1 is 1.00 bits per heavy atom. The van der Waals surface area contributed by atoms with E-state index in [0.717, 1.165) is 14.6 Å². The van der Waals surface area contributed by atoms with Crippen LogP contribution in [-0.4, -0.2) is 26.3 Å². The lowest BCUT2D eigenvalue weighted by atomic mass is 9.94. The molecular weight excluding hydrogens is 430 g/mol. The van der Waals surface area contributed by atoms with Crippen LogP contribution in [0, 0.1) is 6.92 Å². The molecule has 1 amide bonds. The van der Waals surface area contributed by atoms with Crippen LogP contribution in [0.3, 0.4) is 0 Å². The summed E-state index contributed by atoms with van der Waals surface area (Å²) in [6.07, 6.45) is 0.0750. The molecule has 0 spiro atoms. The number of hydrogen-bond donors (Lipinski definition) is 0. The van der Waals surface area contributed by atoms with Crippen molar-refractivity contribution in [1.82, 2.24) is 9.06 Å². The number of rotatable bonds is 6. The molecule has 4 nitrogen and oxygen atoms in total. The summed E-state index contributed by atoms with van der Waals surface area (Å²) in [4.78, 5) is 25.0. The summed E-state index contributed by atoms with van der Waals surface area (Å²) in [6, 6.07) is 13.6. The molecule has 0 aliphatic carbocycles. The second-order valence-corrected chi connectivity index (χ2v) is 7.69. The van der Waals surface area contributed by atoms with Gasteiger partial charge in [-0.15, -0.1) is 16.9 Å². The van der Waals surface area contributed by atoms with Crippen LogP contribution >= 0.6 is 47.6 Å². The van der Waals surface area contributed by atoms with Gasteiger partial charge in [-0.05, 0) is 39.0 Å². The van der Waals surface area contributed by atoms with E-state index in [2.05, 4.69) is 0 Å². The third-order valence-electron chi connectivity index (χ3n) is 3.86. The highest BCUT2D eigenvalue weighted by Gasteiger charge is 2.35. The van der Waals surface area contributed by atoms with Crippen molar-refractivity contribution in [1.29, 1.82) is 0 Å². The first-order valence-electron chi connectivity index (χ1n) is 7.93. The first-order valence-corrected chi connectivity index (χ1v) is 8.99. The Hall–Kier alpha value is -1.30. The average Bonchev–Trinajstić information content (AvgIpc) is 2.60. The van der Waals surface area contributed by atoms with E-state index < -0.39 is 11.4 Å². The fourth-order valence-electron chi connectivity index (χ4n) is 2.35. The fourth-order valence-corrected chi connectivity index (χ4v) is 2.97. The molecule has 0 N–H and O–H groups in total. The summed E-state index contributed by atoms with van der Waals surface area (Å²) >= 11 is 18.3. The standard InChI is InChI=1S/C19H19Cl3N2O2.ClH/c1-13-7-9-14(10-8-13)17(25)12-19(2,3)24(22)23(21)18(26)15-5-4-6-16(20)11-15;/h4-11H,12H2,1-3H3;1H. The highest BCUT2D eigenvalue weighted by atomic mass is 35.5. The Morgan fingerprint density at radius 3 is 2.15 bits per heavy atom. The summed E-state index contributed by atoms with van der Waals surface area (Å²) in [5.41, 5.74) is 1.04. The van der Waals surface area contributed by atoms with E-state index in [1.54, 1.807) is 44.2 Å². The van der Waals surface area contributed by atoms with Crippen molar-refractivity contribution in [3.8, 4) is 0 Å². The maximum absolute atomic E-state index is 12.5. The van der Waals surface area contributed by atoms with Crippen LogP contribution in [0.25, 0.3) is 0 Å². The third kappa shape index (κ3) is 6.09. The zero-order valence-corrected chi connectivity index (χ0v) is 18.2. The number of hydrazine groups is 1. The van der Waals surface area contributed by atoms with Crippen molar-refractivity contribution >= 4 is 59.3 Å². The number of carbonyl (C=O) groups excluding carboxylic acids is 2. The van der Waals surface area contributed by atoms with E-state index >= 15 is 0 Å². The molecule has 0 aromatic heterocycles. The molecule has 2 aromatic rings. The van der Waals surface area contributed by atoms with Gasteiger partial charge in [0.15, 0.2) is 5.78 Å². The molecule has 0 saturated carbocycles. The third-order valence-corrected chi connectivity index (χ3v) is 5.09. The van der Waals surface area contributed by atoms with Gasteiger partial charge in [-0.3, -0.25) is 9.59 Å². The van der Waals surface area contributed by atoms with Crippen molar-refractivity contribution in [2.24, 2.45) is 0 Å². The van der Waals surface area contributed by atoms with Crippen LogP contribution in [0.2, 0.25) is 5.02 Å². The minimum absolute atomic E-state index is 0. The number of carbonyl (C=O) groups is 2. The lowest BCUT2D eigenvalue weighted by molar-refractivity contribution is 0.0374. The van der Waals surface area contributed by atoms with Gasteiger partial charge in [0.05, 0.1) is 5.54 Å². The normalized spacial score (nSPS) is 11.1. The number of aryl methyl sites for hydroxylation is 1. The second kappa shape index (κ2) is 9.76. The number of ketones is 1. The number of halogens is 4. The molecule has 0 aliphatic heterocycles. The van der Waals surface area contributed by atoms with Crippen molar-refractivity contribution < 1.29 is 9.59 Å². The molecule has 8 heteroatoms. The Balaban J connectivity index is 0.00000364. The maximum atomic E-state index is 12.5. The molecule has 2 rings (SSSR count). The minimum atomic E-state index is -0.903. The van der Waals surface area contributed by atoms with E-state index in [9.17, 15) is 9.59 Å². The Bertz CT molecular complexity index is 810. The van der Waals surface area contributed by atoms with E-state index in [-0.39, 0.29) is 24.6 Å². The molecule has 2 aromatic carbocycles. The zero-order valence-electron chi connectivity index (χ0n) is 15.1. The van der Waals surface area contributed by atoms with Crippen LogP contribution in [0.5, 0.6) is 0 Å². The molecule has 27 heavy (non-hydrogen) atoms. The average molecular weight is 450 g/mol. The molecular formula is C19H20Cl4N2O2. The largest absolute Gasteiger partial charge is 0.294 e. The molecule has 0 unspecified atom stereocenters. The van der Waals surface area contributed by atoms with Gasteiger partial charge in [0, 0.05) is 46.1 Å². The lowest BCUT2D eigenvalue weighted by Crippen LogP contribution is -2.48. The molecule has 0 bridgehead atoms. The first kappa shape index (κ1) is 23.7. The van der Waals surface area contributed by atoms with Crippen LogP contribution in [0.4, 0.5) is 0 Å². The molecule has 0 saturated heterocycles. The van der Waals surface area contributed by atoms with Crippen molar-refractivity contribution in [3.05, 3.63) is 70.2 Å². The number of benzene rings is 2. The number of Topliss-reactive ketones (excluding diaryl/α,β-unsaturated/α-hetero) is 1. The monoisotopic (exact) mass is 448 g/mol. The minimum Gasteiger partial charge on any atom is -0.294 e. The summed E-state index contributed by atoms with van der Waals surface area (Å²) in [5.74, 6) is -0.638. The van der Waals surface area contributed by atoms with Gasteiger partial charge in [0.1, 0.15) is 0 Å². The summed E-state index contributed by atoms with van der Waals surface area (Å²) in [6.45, 7) is 5.41. The van der Waals surface area contributed by atoms with Crippen LogP contribution in [0.1, 0.15) is 46.5 Å². The number of amides is 1. The maximum Gasteiger partial charge on any atom is 0.284 e. The fraction of sp³-hybridized carbons (Fsp3) is 0.263. The van der Waals surface area contributed by atoms with Gasteiger partial charge in [0.2, 0.25) is 0 Å². The van der Waals surface area contributed by atoms with Gasteiger partial charge >= 0.3 is 0 Å². The summed E-state index contributed by atoms with van der Waals surface area (Å²) < 4.78 is 1.79. The lowest BCUT2D eigenvalue weighted by Gasteiger charge is -2.35. The molecule has 146 valence electrons. The molecule has 0 heterocycles. The first-order chi connectivity index (χ1) is 12.1. The summed E-state index contributed by atoms with van der Waals surface area (Å²) in [7, 11) is 0. The van der Waals surface area contributed by atoms with Gasteiger partial charge in [0.25, 0.3) is 5.91 Å². The predicted molar refractivity (Wildman–Crippen MR) is 113 cm³/mol. The van der Waals surface area contributed by atoms with Gasteiger partial charge in [-0.25, -0.2) is 0 Å². The quantitative estimate of drug-likeness (QED) is 0.304. The highest BCUT2D eigenvalue weighted by molar-refractivity contribution is 6.31. The SMILES string of the molecule is Cc1ccc(C(=O)CC(C)(C)N(Cl)N(Cl)C(=O)c2cccc(Cl)c2)cc1.Cl. The predicted octanol–water partition coefficient (Wildman–Crippen LogP) is 6.09. The van der Waals surface area contributed by atoms with Gasteiger partial charge in [-0.1, -0.05) is 47.5 Å². The highest BCUT2D eigenvalue weighted by Crippen LogP contribution is 2.28.